The predicted octanol–water partition coefficient (Wildman–Crippen LogP) is 3.39. The van der Waals surface area contributed by atoms with Gasteiger partial charge in [0.2, 0.25) is 0 Å². The second kappa shape index (κ2) is 4.14. The van der Waals surface area contributed by atoms with Crippen LogP contribution in [-0.4, -0.2) is 23.6 Å². The summed E-state index contributed by atoms with van der Waals surface area (Å²) in [6.07, 6.45) is 0. The summed E-state index contributed by atoms with van der Waals surface area (Å²) in [5, 5.41) is 2.68. The molecule has 0 aliphatic carbocycles. The highest BCUT2D eigenvalue weighted by Crippen LogP contribution is 2.28. The predicted molar refractivity (Wildman–Crippen MR) is 77.8 cm³/mol. The van der Waals surface area contributed by atoms with Gasteiger partial charge in [0.1, 0.15) is 0 Å². The lowest BCUT2D eigenvalue weighted by molar-refractivity contribution is 0.402. The molecule has 92 valence electrons. The van der Waals surface area contributed by atoms with Gasteiger partial charge in [-0.25, -0.2) is 0 Å². The van der Waals surface area contributed by atoms with Crippen molar-refractivity contribution in [2.75, 3.05) is 14.1 Å². The molecule has 18 heavy (non-hydrogen) atoms. The maximum absolute atomic E-state index is 2.30. The van der Waals surface area contributed by atoms with E-state index in [0.29, 0.717) is 0 Å². The molecule has 0 saturated carbocycles. The number of aromatic nitrogens is 1. The zero-order valence-electron chi connectivity index (χ0n) is 11.1. The van der Waals surface area contributed by atoms with Gasteiger partial charge < -0.3 is 9.47 Å². The molecule has 0 spiro atoms. The molecule has 0 saturated heterocycles. The van der Waals surface area contributed by atoms with Crippen molar-refractivity contribution < 1.29 is 0 Å². The third kappa shape index (κ3) is 1.70. The minimum absolute atomic E-state index is 0.984. The molecular formula is C16H18N2. The van der Waals surface area contributed by atoms with Crippen LogP contribution in [0.5, 0.6) is 0 Å². The number of nitrogens with zero attached hydrogens (tertiary/aromatic N) is 2. The van der Waals surface area contributed by atoms with Crippen LogP contribution in [0.25, 0.3) is 21.8 Å². The summed E-state index contributed by atoms with van der Waals surface area (Å²) >= 11 is 0. The maximum atomic E-state index is 2.30. The molecular weight excluding hydrogens is 220 g/mol. The fourth-order valence-electron chi connectivity index (χ4n) is 2.67. The van der Waals surface area contributed by atoms with Crippen molar-refractivity contribution in [3.8, 4) is 0 Å². The van der Waals surface area contributed by atoms with Crippen molar-refractivity contribution >= 4 is 21.8 Å². The average molecular weight is 238 g/mol. The molecule has 3 aromatic rings. The number of benzene rings is 2. The molecule has 1 heterocycles. The number of rotatable bonds is 2. The lowest BCUT2D eigenvalue weighted by Crippen LogP contribution is -2.10. The Kier molecular flexibility index (Phi) is 2.60. The first kappa shape index (κ1) is 11.3. The molecule has 1 aromatic heterocycles. The molecule has 0 N–H and O–H groups in total. The van der Waals surface area contributed by atoms with Gasteiger partial charge in [0.05, 0.1) is 0 Å². The van der Waals surface area contributed by atoms with Gasteiger partial charge in [0.15, 0.2) is 0 Å². The Balaban J connectivity index is 2.28. The van der Waals surface area contributed by atoms with Gasteiger partial charge in [-0.15, -0.1) is 0 Å². The third-order valence-corrected chi connectivity index (χ3v) is 3.48. The Morgan fingerprint density at radius 1 is 0.944 bits per heavy atom. The molecule has 3 rings (SSSR count). The van der Waals surface area contributed by atoms with Crippen LogP contribution in [0.3, 0.4) is 0 Å². The second-order valence-electron chi connectivity index (χ2n) is 5.17. The van der Waals surface area contributed by atoms with E-state index in [4.69, 9.17) is 0 Å². The minimum Gasteiger partial charge on any atom is -0.344 e. The van der Waals surface area contributed by atoms with Crippen LogP contribution in [0.4, 0.5) is 0 Å². The highest BCUT2D eigenvalue weighted by Gasteiger charge is 2.08. The molecule has 0 aliphatic heterocycles. The number of aryl methyl sites for hydroxylation is 1. The SMILES string of the molecule is CN(C)Cc1ccc2c3ccccc3n(C)c2c1. The van der Waals surface area contributed by atoms with Crippen molar-refractivity contribution in [2.45, 2.75) is 6.54 Å². The Morgan fingerprint density at radius 2 is 1.67 bits per heavy atom. The minimum atomic E-state index is 0.984. The zero-order chi connectivity index (χ0) is 12.7. The maximum Gasteiger partial charge on any atom is 0.0491 e. The van der Waals surface area contributed by atoms with Crippen LogP contribution < -0.4 is 0 Å². The highest BCUT2D eigenvalue weighted by molar-refractivity contribution is 6.08. The molecule has 0 fully saturated rings. The van der Waals surface area contributed by atoms with E-state index in [9.17, 15) is 0 Å². The summed E-state index contributed by atoms with van der Waals surface area (Å²) in [7, 11) is 6.35. The summed E-state index contributed by atoms with van der Waals surface area (Å²) < 4.78 is 2.28. The van der Waals surface area contributed by atoms with E-state index < -0.39 is 0 Å². The number of fused-ring (bicyclic) bond motifs is 3. The lowest BCUT2D eigenvalue weighted by atomic mass is 10.1. The molecule has 2 aromatic carbocycles. The average Bonchev–Trinajstić information content (AvgIpc) is 2.63. The van der Waals surface area contributed by atoms with E-state index >= 15 is 0 Å². The summed E-state index contributed by atoms with van der Waals surface area (Å²) in [4.78, 5) is 2.20. The van der Waals surface area contributed by atoms with Gasteiger partial charge in [-0.2, -0.15) is 0 Å². The van der Waals surface area contributed by atoms with Gasteiger partial charge >= 0.3 is 0 Å². The van der Waals surface area contributed by atoms with Crippen molar-refractivity contribution in [2.24, 2.45) is 7.05 Å². The standard InChI is InChI=1S/C16H18N2/c1-17(2)11-12-8-9-14-13-6-4-5-7-15(13)18(3)16(14)10-12/h4-10H,11H2,1-3H3. The van der Waals surface area contributed by atoms with E-state index in [1.807, 2.05) is 0 Å². The summed E-state index contributed by atoms with van der Waals surface area (Å²) in [6.45, 7) is 0.984. The van der Waals surface area contributed by atoms with E-state index in [1.165, 1.54) is 27.4 Å². The first-order valence-electron chi connectivity index (χ1n) is 6.27. The van der Waals surface area contributed by atoms with Crippen LogP contribution in [-0.2, 0) is 13.6 Å². The highest BCUT2D eigenvalue weighted by atomic mass is 15.0. The molecule has 0 bridgehead atoms. The van der Waals surface area contributed by atoms with E-state index in [-0.39, 0.29) is 0 Å². The van der Waals surface area contributed by atoms with Crippen molar-refractivity contribution in [1.29, 1.82) is 0 Å². The first-order valence-corrected chi connectivity index (χ1v) is 6.27. The zero-order valence-corrected chi connectivity index (χ0v) is 11.1. The normalized spacial score (nSPS) is 11.8. The largest absolute Gasteiger partial charge is 0.344 e. The van der Waals surface area contributed by atoms with Crippen LogP contribution in [0.1, 0.15) is 5.56 Å². The summed E-state index contributed by atoms with van der Waals surface area (Å²) in [5.41, 5.74) is 3.98. The van der Waals surface area contributed by atoms with Gasteiger partial charge in [-0.3, -0.25) is 0 Å². The topological polar surface area (TPSA) is 8.17 Å². The Labute approximate surface area is 107 Å². The van der Waals surface area contributed by atoms with Gasteiger partial charge in [-0.05, 0) is 31.8 Å². The molecule has 0 amide bonds. The monoisotopic (exact) mass is 238 g/mol. The van der Waals surface area contributed by atoms with E-state index in [2.05, 4.69) is 73.1 Å². The molecule has 2 nitrogen and oxygen atoms in total. The number of hydrogen-bond donors (Lipinski definition) is 0. The van der Waals surface area contributed by atoms with Crippen molar-refractivity contribution in [1.82, 2.24) is 9.47 Å². The van der Waals surface area contributed by atoms with E-state index in [1.54, 1.807) is 0 Å². The second-order valence-corrected chi connectivity index (χ2v) is 5.17. The van der Waals surface area contributed by atoms with Crippen molar-refractivity contribution in [3.05, 3.63) is 48.0 Å². The molecule has 2 heteroatoms. The summed E-state index contributed by atoms with van der Waals surface area (Å²) in [5.74, 6) is 0. The molecule has 0 unspecified atom stereocenters. The van der Waals surface area contributed by atoms with Crippen LogP contribution in [0.2, 0.25) is 0 Å². The molecule has 0 atom stereocenters. The van der Waals surface area contributed by atoms with Crippen molar-refractivity contribution in [3.63, 3.8) is 0 Å². The van der Waals surface area contributed by atoms with Crippen LogP contribution in [0.15, 0.2) is 42.5 Å². The quantitative estimate of drug-likeness (QED) is 0.664. The van der Waals surface area contributed by atoms with Gasteiger partial charge in [-0.1, -0.05) is 30.3 Å². The lowest BCUT2D eigenvalue weighted by Gasteiger charge is -2.09. The van der Waals surface area contributed by atoms with Gasteiger partial charge in [0.25, 0.3) is 0 Å². The fourth-order valence-corrected chi connectivity index (χ4v) is 2.67. The molecule has 0 aliphatic rings. The smallest absolute Gasteiger partial charge is 0.0491 e. The number of para-hydroxylation sites is 1. The van der Waals surface area contributed by atoms with Crippen LogP contribution in [0, 0.1) is 0 Å². The summed E-state index contributed by atoms with van der Waals surface area (Å²) in [6, 6.07) is 15.4. The number of hydrogen-bond acceptors (Lipinski definition) is 1. The third-order valence-electron chi connectivity index (χ3n) is 3.48. The Hall–Kier alpha value is -1.80. The fraction of sp³-hybridized carbons (Fsp3) is 0.250. The Bertz CT molecular complexity index is 708. The van der Waals surface area contributed by atoms with Gasteiger partial charge in [0, 0.05) is 35.4 Å². The Morgan fingerprint density at radius 3 is 2.44 bits per heavy atom. The first-order chi connectivity index (χ1) is 8.66. The van der Waals surface area contributed by atoms with E-state index in [0.717, 1.165) is 6.54 Å². The molecule has 0 radical (unpaired) electrons. The van der Waals surface area contributed by atoms with Crippen LogP contribution >= 0.6 is 0 Å².